The SMILES string of the molecule is O=C(O)c1ccc(OCCC2CO2)cc1. The molecule has 0 saturated carbocycles. The van der Waals surface area contributed by atoms with E-state index in [0.29, 0.717) is 18.5 Å². The van der Waals surface area contributed by atoms with Crippen molar-refractivity contribution in [1.82, 2.24) is 0 Å². The standard InChI is InChI=1S/C11H12O4/c12-11(13)8-1-3-9(4-2-8)14-6-5-10-7-15-10/h1-4,10H,5-7H2,(H,12,13). The maximum atomic E-state index is 10.6. The molecular formula is C11H12O4. The molecule has 0 spiro atoms. The smallest absolute Gasteiger partial charge is 0.335 e. The highest BCUT2D eigenvalue weighted by Gasteiger charge is 2.21. The van der Waals surface area contributed by atoms with Crippen LogP contribution in [0.3, 0.4) is 0 Å². The average molecular weight is 208 g/mol. The predicted octanol–water partition coefficient (Wildman–Crippen LogP) is 1.55. The fraction of sp³-hybridized carbons (Fsp3) is 0.364. The summed E-state index contributed by atoms with van der Waals surface area (Å²) in [6.45, 7) is 1.44. The summed E-state index contributed by atoms with van der Waals surface area (Å²) < 4.78 is 10.5. The number of carboxylic acids is 1. The monoisotopic (exact) mass is 208 g/mol. The van der Waals surface area contributed by atoms with Gasteiger partial charge in [0, 0.05) is 6.42 Å². The molecule has 0 bridgehead atoms. The summed E-state index contributed by atoms with van der Waals surface area (Å²) in [6, 6.07) is 6.39. The van der Waals surface area contributed by atoms with Gasteiger partial charge < -0.3 is 14.6 Å². The maximum absolute atomic E-state index is 10.6. The van der Waals surface area contributed by atoms with Gasteiger partial charge in [0.25, 0.3) is 0 Å². The number of epoxide rings is 1. The van der Waals surface area contributed by atoms with Crippen LogP contribution in [-0.2, 0) is 4.74 Å². The Morgan fingerprint density at radius 3 is 2.67 bits per heavy atom. The molecule has 4 nitrogen and oxygen atoms in total. The van der Waals surface area contributed by atoms with Crippen LogP contribution in [-0.4, -0.2) is 30.4 Å². The number of carbonyl (C=O) groups is 1. The lowest BCUT2D eigenvalue weighted by molar-refractivity contribution is 0.0697. The molecule has 1 N–H and O–H groups in total. The highest BCUT2D eigenvalue weighted by molar-refractivity contribution is 5.87. The quantitative estimate of drug-likeness (QED) is 0.746. The van der Waals surface area contributed by atoms with Gasteiger partial charge in [-0.3, -0.25) is 0 Å². The van der Waals surface area contributed by atoms with E-state index in [4.69, 9.17) is 14.6 Å². The molecule has 1 heterocycles. The van der Waals surface area contributed by atoms with E-state index in [9.17, 15) is 4.79 Å². The number of ether oxygens (including phenoxy) is 2. The normalized spacial score (nSPS) is 18.5. The fourth-order valence-corrected chi connectivity index (χ4v) is 1.24. The minimum atomic E-state index is -0.923. The summed E-state index contributed by atoms with van der Waals surface area (Å²) in [6.07, 6.45) is 1.25. The van der Waals surface area contributed by atoms with Gasteiger partial charge in [0.05, 0.1) is 24.9 Å². The van der Waals surface area contributed by atoms with E-state index in [0.717, 1.165) is 13.0 Å². The van der Waals surface area contributed by atoms with E-state index in [1.165, 1.54) is 12.1 Å². The Balaban J connectivity index is 1.83. The Labute approximate surface area is 87.4 Å². The largest absolute Gasteiger partial charge is 0.493 e. The van der Waals surface area contributed by atoms with Crippen LogP contribution >= 0.6 is 0 Å². The third-order valence-corrected chi connectivity index (χ3v) is 2.21. The van der Waals surface area contributed by atoms with Crippen molar-refractivity contribution in [3.8, 4) is 5.75 Å². The number of hydrogen-bond acceptors (Lipinski definition) is 3. The first-order valence-corrected chi connectivity index (χ1v) is 4.83. The van der Waals surface area contributed by atoms with E-state index in [-0.39, 0.29) is 5.56 Å². The van der Waals surface area contributed by atoms with Gasteiger partial charge in [-0.25, -0.2) is 4.79 Å². The van der Waals surface area contributed by atoms with Gasteiger partial charge in [0.15, 0.2) is 0 Å². The summed E-state index contributed by atoms with van der Waals surface area (Å²) in [5, 5.41) is 8.68. The zero-order valence-corrected chi connectivity index (χ0v) is 8.18. The maximum Gasteiger partial charge on any atom is 0.335 e. The molecule has 0 amide bonds. The molecule has 1 aromatic rings. The second-order valence-electron chi connectivity index (χ2n) is 3.42. The molecule has 0 aliphatic carbocycles. The van der Waals surface area contributed by atoms with Gasteiger partial charge in [-0.1, -0.05) is 0 Å². The number of hydrogen-bond donors (Lipinski definition) is 1. The molecule has 0 radical (unpaired) electrons. The lowest BCUT2D eigenvalue weighted by atomic mass is 10.2. The molecule has 1 aliphatic heterocycles. The topological polar surface area (TPSA) is 59.1 Å². The van der Waals surface area contributed by atoms with Crippen LogP contribution in [0.2, 0.25) is 0 Å². The molecule has 15 heavy (non-hydrogen) atoms. The van der Waals surface area contributed by atoms with Crippen LogP contribution in [0.25, 0.3) is 0 Å². The minimum Gasteiger partial charge on any atom is -0.493 e. The summed E-state index contributed by atoms with van der Waals surface area (Å²) >= 11 is 0. The van der Waals surface area contributed by atoms with Crippen molar-refractivity contribution in [3.63, 3.8) is 0 Å². The van der Waals surface area contributed by atoms with Crippen LogP contribution in [0.15, 0.2) is 24.3 Å². The Hall–Kier alpha value is -1.55. The Morgan fingerprint density at radius 2 is 2.13 bits per heavy atom. The molecule has 1 unspecified atom stereocenters. The summed E-state index contributed by atoms with van der Waals surface area (Å²) in [4.78, 5) is 10.6. The van der Waals surface area contributed by atoms with Gasteiger partial charge in [0.2, 0.25) is 0 Å². The first kappa shape index (κ1) is 9.98. The summed E-state index contributed by atoms with van der Waals surface area (Å²) in [5.74, 6) is -0.228. The predicted molar refractivity (Wildman–Crippen MR) is 53.3 cm³/mol. The van der Waals surface area contributed by atoms with Crippen molar-refractivity contribution in [2.75, 3.05) is 13.2 Å². The van der Waals surface area contributed by atoms with Gasteiger partial charge in [-0.15, -0.1) is 0 Å². The average Bonchev–Trinajstić information content (AvgIpc) is 3.02. The lowest BCUT2D eigenvalue weighted by Gasteiger charge is -2.04. The zero-order valence-electron chi connectivity index (χ0n) is 8.18. The highest BCUT2D eigenvalue weighted by Crippen LogP contribution is 2.16. The molecule has 1 saturated heterocycles. The first-order valence-electron chi connectivity index (χ1n) is 4.83. The number of aromatic carboxylic acids is 1. The van der Waals surface area contributed by atoms with Crippen LogP contribution in [0.1, 0.15) is 16.8 Å². The van der Waals surface area contributed by atoms with Crippen LogP contribution in [0.5, 0.6) is 5.75 Å². The molecular weight excluding hydrogens is 196 g/mol. The molecule has 0 aromatic heterocycles. The highest BCUT2D eigenvalue weighted by atomic mass is 16.6. The second-order valence-corrected chi connectivity index (χ2v) is 3.42. The van der Waals surface area contributed by atoms with E-state index in [1.807, 2.05) is 0 Å². The van der Waals surface area contributed by atoms with Crippen molar-refractivity contribution >= 4 is 5.97 Å². The third-order valence-electron chi connectivity index (χ3n) is 2.21. The van der Waals surface area contributed by atoms with Crippen molar-refractivity contribution in [1.29, 1.82) is 0 Å². The lowest BCUT2D eigenvalue weighted by Crippen LogP contribution is -2.01. The second kappa shape index (κ2) is 4.31. The fourth-order valence-electron chi connectivity index (χ4n) is 1.24. The molecule has 1 fully saturated rings. The van der Waals surface area contributed by atoms with E-state index >= 15 is 0 Å². The van der Waals surface area contributed by atoms with Gasteiger partial charge in [-0.05, 0) is 24.3 Å². The van der Waals surface area contributed by atoms with Crippen LogP contribution < -0.4 is 4.74 Å². The first-order chi connectivity index (χ1) is 7.25. The number of benzene rings is 1. The van der Waals surface area contributed by atoms with E-state index < -0.39 is 5.97 Å². The molecule has 1 aromatic carbocycles. The molecule has 1 aliphatic rings. The van der Waals surface area contributed by atoms with E-state index in [2.05, 4.69) is 0 Å². The van der Waals surface area contributed by atoms with Gasteiger partial charge >= 0.3 is 5.97 Å². The van der Waals surface area contributed by atoms with E-state index in [1.54, 1.807) is 12.1 Å². The molecule has 80 valence electrons. The van der Waals surface area contributed by atoms with Crippen molar-refractivity contribution in [2.45, 2.75) is 12.5 Å². The number of carboxylic acid groups (broad SMARTS) is 1. The Kier molecular flexibility index (Phi) is 2.87. The van der Waals surface area contributed by atoms with Crippen molar-refractivity contribution in [3.05, 3.63) is 29.8 Å². The van der Waals surface area contributed by atoms with Gasteiger partial charge in [-0.2, -0.15) is 0 Å². The Morgan fingerprint density at radius 1 is 1.47 bits per heavy atom. The molecule has 4 heteroatoms. The number of rotatable bonds is 5. The Bertz CT molecular complexity index is 340. The van der Waals surface area contributed by atoms with Crippen LogP contribution in [0.4, 0.5) is 0 Å². The molecule has 1 atom stereocenters. The zero-order chi connectivity index (χ0) is 10.7. The summed E-state index contributed by atoms with van der Waals surface area (Å²) in [5.41, 5.74) is 0.271. The summed E-state index contributed by atoms with van der Waals surface area (Å²) in [7, 11) is 0. The molecule has 2 rings (SSSR count). The minimum absolute atomic E-state index is 0.271. The van der Waals surface area contributed by atoms with Crippen molar-refractivity contribution < 1.29 is 19.4 Å². The van der Waals surface area contributed by atoms with Crippen LogP contribution in [0, 0.1) is 0 Å². The third kappa shape index (κ3) is 2.95. The van der Waals surface area contributed by atoms with Gasteiger partial charge in [0.1, 0.15) is 5.75 Å². The van der Waals surface area contributed by atoms with Crippen molar-refractivity contribution in [2.24, 2.45) is 0 Å².